The average Bonchev–Trinajstić information content (AvgIpc) is 2.40. The van der Waals surface area contributed by atoms with Crippen molar-refractivity contribution >= 4 is 17.4 Å². The molecule has 19 heavy (non-hydrogen) atoms. The van der Waals surface area contributed by atoms with Crippen molar-refractivity contribution in [1.82, 2.24) is 0 Å². The summed E-state index contributed by atoms with van der Waals surface area (Å²) in [6.07, 6.45) is 0.823. The van der Waals surface area contributed by atoms with Crippen molar-refractivity contribution in [2.24, 2.45) is 0 Å². The van der Waals surface area contributed by atoms with Gasteiger partial charge in [-0.15, -0.1) is 0 Å². The SMILES string of the molecule is O=C(CCc1ccc(Cl)cc1)c1cc(O)ccc1O. The van der Waals surface area contributed by atoms with Gasteiger partial charge in [-0.3, -0.25) is 4.79 Å². The van der Waals surface area contributed by atoms with Gasteiger partial charge in [-0.1, -0.05) is 23.7 Å². The molecule has 2 aromatic rings. The predicted molar refractivity (Wildman–Crippen MR) is 73.9 cm³/mol. The summed E-state index contributed by atoms with van der Waals surface area (Å²) in [5.74, 6) is -0.352. The second-order valence-corrected chi connectivity index (χ2v) is 4.69. The Morgan fingerprint density at radius 3 is 2.42 bits per heavy atom. The number of carbonyl (C=O) groups is 1. The van der Waals surface area contributed by atoms with Crippen LogP contribution in [0.5, 0.6) is 11.5 Å². The highest BCUT2D eigenvalue weighted by atomic mass is 35.5. The number of carbonyl (C=O) groups excluding carboxylic acids is 1. The number of phenolic OH excluding ortho intramolecular Hbond substituents is 2. The zero-order valence-corrected chi connectivity index (χ0v) is 10.9. The molecule has 0 radical (unpaired) electrons. The van der Waals surface area contributed by atoms with Gasteiger partial charge in [0.05, 0.1) is 5.56 Å². The summed E-state index contributed by atoms with van der Waals surface area (Å²) in [6.45, 7) is 0. The van der Waals surface area contributed by atoms with Crippen LogP contribution in [0.2, 0.25) is 5.02 Å². The summed E-state index contributed by atoms with van der Waals surface area (Å²) in [5.41, 5.74) is 1.14. The highest BCUT2D eigenvalue weighted by Gasteiger charge is 2.12. The smallest absolute Gasteiger partial charge is 0.167 e. The molecule has 0 aromatic heterocycles. The summed E-state index contributed by atoms with van der Waals surface area (Å²) < 4.78 is 0. The Morgan fingerprint density at radius 1 is 1.05 bits per heavy atom. The molecule has 4 heteroatoms. The van der Waals surface area contributed by atoms with Gasteiger partial charge in [0.15, 0.2) is 5.78 Å². The number of aromatic hydroxyl groups is 2. The highest BCUT2D eigenvalue weighted by molar-refractivity contribution is 6.30. The first-order valence-corrected chi connectivity index (χ1v) is 6.23. The monoisotopic (exact) mass is 276 g/mol. The van der Waals surface area contributed by atoms with Crippen LogP contribution in [-0.4, -0.2) is 16.0 Å². The molecule has 0 heterocycles. The molecule has 0 bridgehead atoms. The minimum Gasteiger partial charge on any atom is -0.508 e. The van der Waals surface area contributed by atoms with Crippen LogP contribution in [-0.2, 0) is 6.42 Å². The van der Waals surface area contributed by atoms with E-state index in [1.54, 1.807) is 12.1 Å². The van der Waals surface area contributed by atoms with E-state index >= 15 is 0 Å². The molecule has 0 aliphatic carbocycles. The zero-order valence-electron chi connectivity index (χ0n) is 10.1. The van der Waals surface area contributed by atoms with Crippen molar-refractivity contribution in [2.75, 3.05) is 0 Å². The van der Waals surface area contributed by atoms with Gasteiger partial charge >= 0.3 is 0 Å². The molecule has 0 saturated heterocycles. The number of hydrogen-bond acceptors (Lipinski definition) is 3. The minimum atomic E-state index is -0.205. The lowest BCUT2D eigenvalue weighted by Gasteiger charge is -2.05. The Morgan fingerprint density at radius 2 is 1.74 bits per heavy atom. The maximum Gasteiger partial charge on any atom is 0.167 e. The summed E-state index contributed by atoms with van der Waals surface area (Å²) >= 11 is 5.78. The van der Waals surface area contributed by atoms with E-state index in [0.717, 1.165) is 5.56 Å². The van der Waals surface area contributed by atoms with Crippen molar-refractivity contribution in [3.05, 3.63) is 58.6 Å². The maximum absolute atomic E-state index is 12.0. The van der Waals surface area contributed by atoms with Crippen LogP contribution in [0.3, 0.4) is 0 Å². The standard InChI is InChI=1S/C15H13ClO3/c16-11-4-1-10(2-5-11)3-7-14(18)13-9-12(17)6-8-15(13)19/h1-2,4-6,8-9,17,19H,3,7H2. The third kappa shape index (κ3) is 3.48. The topological polar surface area (TPSA) is 57.5 Å². The fourth-order valence-electron chi connectivity index (χ4n) is 1.79. The van der Waals surface area contributed by atoms with Crippen LogP contribution in [0.25, 0.3) is 0 Å². The van der Waals surface area contributed by atoms with E-state index in [1.807, 2.05) is 12.1 Å². The van der Waals surface area contributed by atoms with Crippen LogP contribution in [0, 0.1) is 0 Å². The largest absolute Gasteiger partial charge is 0.508 e. The maximum atomic E-state index is 12.0. The highest BCUT2D eigenvalue weighted by Crippen LogP contribution is 2.24. The Hall–Kier alpha value is -2.00. The van der Waals surface area contributed by atoms with E-state index in [-0.39, 0.29) is 29.3 Å². The van der Waals surface area contributed by atoms with Gasteiger partial charge in [-0.2, -0.15) is 0 Å². The number of Topliss-reactive ketones (excluding diaryl/α,β-unsaturated/α-hetero) is 1. The van der Waals surface area contributed by atoms with Crippen molar-refractivity contribution in [2.45, 2.75) is 12.8 Å². The van der Waals surface area contributed by atoms with E-state index in [0.29, 0.717) is 11.4 Å². The van der Waals surface area contributed by atoms with Gasteiger partial charge in [0.2, 0.25) is 0 Å². The molecule has 0 saturated carbocycles. The third-order valence-corrected chi connectivity index (χ3v) is 3.09. The van der Waals surface area contributed by atoms with Gasteiger partial charge in [0.1, 0.15) is 11.5 Å². The number of phenols is 2. The molecule has 0 atom stereocenters. The molecule has 0 spiro atoms. The Labute approximate surface area is 116 Å². The lowest BCUT2D eigenvalue weighted by molar-refractivity contribution is 0.0980. The molecule has 0 amide bonds. The van der Waals surface area contributed by atoms with Crippen molar-refractivity contribution in [1.29, 1.82) is 0 Å². The molecule has 0 aliphatic heterocycles. The fraction of sp³-hybridized carbons (Fsp3) is 0.133. The lowest BCUT2D eigenvalue weighted by atomic mass is 10.0. The molecule has 2 rings (SSSR count). The van der Waals surface area contributed by atoms with Gasteiger partial charge in [0, 0.05) is 11.4 Å². The van der Waals surface area contributed by atoms with Gasteiger partial charge < -0.3 is 10.2 Å². The second-order valence-electron chi connectivity index (χ2n) is 4.25. The Bertz CT molecular complexity index is 591. The van der Waals surface area contributed by atoms with E-state index < -0.39 is 0 Å². The van der Waals surface area contributed by atoms with E-state index in [9.17, 15) is 15.0 Å². The first kappa shape index (κ1) is 13.4. The van der Waals surface area contributed by atoms with Crippen LogP contribution < -0.4 is 0 Å². The van der Waals surface area contributed by atoms with Crippen LogP contribution in [0.4, 0.5) is 0 Å². The number of hydrogen-bond donors (Lipinski definition) is 2. The third-order valence-electron chi connectivity index (χ3n) is 2.83. The van der Waals surface area contributed by atoms with E-state index in [2.05, 4.69) is 0 Å². The first-order chi connectivity index (χ1) is 9.06. The Kier molecular flexibility index (Phi) is 4.07. The zero-order chi connectivity index (χ0) is 13.8. The molecule has 0 fully saturated rings. The summed E-state index contributed by atoms with van der Waals surface area (Å²) in [4.78, 5) is 12.0. The molecular weight excluding hydrogens is 264 g/mol. The molecule has 0 aliphatic rings. The molecule has 2 N–H and O–H groups in total. The average molecular weight is 277 g/mol. The predicted octanol–water partition coefficient (Wildman–Crippen LogP) is 3.57. The van der Waals surface area contributed by atoms with Crippen molar-refractivity contribution in [3.63, 3.8) is 0 Å². The fourth-order valence-corrected chi connectivity index (χ4v) is 1.92. The number of benzene rings is 2. The normalized spacial score (nSPS) is 10.4. The van der Waals surface area contributed by atoms with E-state index in [1.165, 1.54) is 18.2 Å². The van der Waals surface area contributed by atoms with Crippen LogP contribution >= 0.6 is 11.6 Å². The first-order valence-electron chi connectivity index (χ1n) is 5.86. The van der Waals surface area contributed by atoms with Gasteiger partial charge in [-0.05, 0) is 42.3 Å². The molecule has 0 unspecified atom stereocenters. The van der Waals surface area contributed by atoms with Crippen molar-refractivity contribution in [3.8, 4) is 11.5 Å². The quantitative estimate of drug-likeness (QED) is 0.663. The molecular formula is C15H13ClO3. The van der Waals surface area contributed by atoms with Gasteiger partial charge in [0.25, 0.3) is 0 Å². The summed E-state index contributed by atoms with van der Waals surface area (Å²) in [6, 6.07) is 11.2. The van der Waals surface area contributed by atoms with Crippen LogP contribution in [0.15, 0.2) is 42.5 Å². The lowest BCUT2D eigenvalue weighted by Crippen LogP contribution is -2.01. The van der Waals surface area contributed by atoms with Crippen molar-refractivity contribution < 1.29 is 15.0 Å². The van der Waals surface area contributed by atoms with E-state index in [4.69, 9.17) is 11.6 Å². The molecule has 3 nitrogen and oxygen atoms in total. The summed E-state index contributed by atoms with van der Waals surface area (Å²) in [5, 5.41) is 19.6. The number of ketones is 1. The minimum absolute atomic E-state index is 0.0346. The molecule has 98 valence electrons. The molecule has 2 aromatic carbocycles. The summed E-state index contributed by atoms with van der Waals surface area (Å²) in [7, 11) is 0. The number of halogens is 1. The second kappa shape index (κ2) is 5.76. The Balaban J connectivity index is 2.05. The van der Waals surface area contributed by atoms with Gasteiger partial charge in [-0.25, -0.2) is 0 Å². The number of aryl methyl sites for hydroxylation is 1. The number of rotatable bonds is 4. The van der Waals surface area contributed by atoms with Crippen LogP contribution in [0.1, 0.15) is 22.3 Å².